The van der Waals surface area contributed by atoms with Gasteiger partial charge in [0.2, 0.25) is 5.91 Å². The molecule has 0 spiro atoms. The number of nitrogens with one attached hydrogen (secondary N) is 1. The van der Waals surface area contributed by atoms with Crippen LogP contribution in [0.1, 0.15) is 47.9 Å². The second-order valence-corrected chi connectivity index (χ2v) is 9.58. The van der Waals surface area contributed by atoms with Crippen LogP contribution in [0.5, 0.6) is 0 Å². The van der Waals surface area contributed by atoms with Crippen LogP contribution < -0.4 is 5.32 Å². The monoisotopic (exact) mass is 417 g/mol. The standard InChI is InChI=1S/C30H27NO/c1-18(2)26-27-21-13-5-7-15-23(21)28(24-16-8-6-14-22(24)27)29(26)30(32)31-25-17-9-11-19-10-3-4-12-20(19)25/h3-18,26-29H,1-2H3,(H,31,32). The van der Waals surface area contributed by atoms with E-state index in [0.29, 0.717) is 5.92 Å². The van der Waals surface area contributed by atoms with E-state index in [1.54, 1.807) is 0 Å². The molecule has 32 heavy (non-hydrogen) atoms. The Bertz CT molecular complexity index is 1280. The lowest BCUT2D eigenvalue weighted by Gasteiger charge is -2.51. The van der Waals surface area contributed by atoms with Gasteiger partial charge in [-0.05, 0) is 45.5 Å². The van der Waals surface area contributed by atoms with Crippen molar-refractivity contribution in [2.75, 3.05) is 5.32 Å². The van der Waals surface area contributed by atoms with E-state index in [4.69, 9.17) is 0 Å². The zero-order valence-corrected chi connectivity index (χ0v) is 18.5. The second-order valence-electron chi connectivity index (χ2n) is 9.58. The minimum Gasteiger partial charge on any atom is -0.325 e. The molecule has 1 amide bonds. The first-order valence-electron chi connectivity index (χ1n) is 11.6. The number of benzene rings is 4. The Morgan fingerprint density at radius 1 is 0.688 bits per heavy atom. The molecule has 158 valence electrons. The third kappa shape index (κ3) is 2.75. The van der Waals surface area contributed by atoms with Gasteiger partial charge < -0.3 is 5.32 Å². The Balaban J connectivity index is 1.49. The van der Waals surface area contributed by atoms with E-state index >= 15 is 0 Å². The molecule has 0 aliphatic heterocycles. The summed E-state index contributed by atoms with van der Waals surface area (Å²) in [5.74, 6) is 1.06. The summed E-state index contributed by atoms with van der Waals surface area (Å²) in [6, 6.07) is 31.9. The summed E-state index contributed by atoms with van der Waals surface area (Å²) in [7, 11) is 0. The van der Waals surface area contributed by atoms with Crippen LogP contribution in [-0.4, -0.2) is 5.91 Å². The van der Waals surface area contributed by atoms with Gasteiger partial charge in [0.25, 0.3) is 0 Å². The summed E-state index contributed by atoms with van der Waals surface area (Å²) in [6.45, 7) is 4.55. The molecule has 0 saturated carbocycles. The van der Waals surface area contributed by atoms with Crippen molar-refractivity contribution in [3.8, 4) is 0 Å². The van der Waals surface area contributed by atoms with Gasteiger partial charge in [-0.3, -0.25) is 4.79 Å². The maximum atomic E-state index is 14.0. The maximum Gasteiger partial charge on any atom is 0.228 e. The highest BCUT2D eigenvalue weighted by Crippen LogP contribution is 2.60. The van der Waals surface area contributed by atoms with Gasteiger partial charge in [-0.1, -0.05) is 98.8 Å². The lowest BCUT2D eigenvalue weighted by Crippen LogP contribution is -2.47. The summed E-state index contributed by atoms with van der Waals surface area (Å²) in [5, 5.41) is 5.58. The van der Waals surface area contributed by atoms with Crippen molar-refractivity contribution in [1.29, 1.82) is 0 Å². The predicted molar refractivity (Wildman–Crippen MR) is 131 cm³/mol. The minimum atomic E-state index is -0.0937. The minimum absolute atomic E-state index is 0.0924. The predicted octanol–water partition coefficient (Wildman–Crippen LogP) is 6.96. The first-order valence-corrected chi connectivity index (χ1v) is 11.6. The van der Waals surface area contributed by atoms with Crippen LogP contribution in [0.3, 0.4) is 0 Å². The number of rotatable bonds is 3. The molecule has 0 saturated heterocycles. The first-order chi connectivity index (χ1) is 15.6. The number of hydrogen-bond acceptors (Lipinski definition) is 1. The fourth-order valence-corrected chi connectivity index (χ4v) is 6.40. The van der Waals surface area contributed by atoms with Gasteiger partial charge in [0, 0.05) is 22.9 Å². The van der Waals surface area contributed by atoms with Crippen molar-refractivity contribution in [1.82, 2.24) is 0 Å². The van der Waals surface area contributed by atoms with Crippen LogP contribution in [0.25, 0.3) is 10.8 Å². The van der Waals surface area contributed by atoms with Crippen LogP contribution in [-0.2, 0) is 4.79 Å². The Labute approximate surface area is 189 Å². The fourth-order valence-electron chi connectivity index (χ4n) is 6.40. The quantitative estimate of drug-likeness (QED) is 0.384. The Morgan fingerprint density at radius 3 is 1.84 bits per heavy atom. The van der Waals surface area contributed by atoms with Crippen molar-refractivity contribution < 1.29 is 4.79 Å². The van der Waals surface area contributed by atoms with Crippen molar-refractivity contribution in [2.24, 2.45) is 17.8 Å². The first kappa shape index (κ1) is 19.3. The molecule has 3 aliphatic rings. The molecule has 2 nitrogen and oxygen atoms in total. The van der Waals surface area contributed by atoms with Crippen LogP contribution in [0.15, 0.2) is 91.0 Å². The topological polar surface area (TPSA) is 29.1 Å². The summed E-state index contributed by atoms with van der Waals surface area (Å²) >= 11 is 0. The average Bonchev–Trinajstić information content (AvgIpc) is 2.83. The Kier molecular flexibility index (Phi) is 4.43. The van der Waals surface area contributed by atoms with E-state index in [9.17, 15) is 4.79 Å². The van der Waals surface area contributed by atoms with Crippen molar-refractivity contribution in [3.05, 3.63) is 113 Å². The van der Waals surface area contributed by atoms with E-state index in [1.165, 1.54) is 22.3 Å². The van der Waals surface area contributed by atoms with Gasteiger partial charge in [-0.25, -0.2) is 0 Å². The molecule has 0 fully saturated rings. The number of fused-ring (bicyclic) bond motifs is 2. The molecule has 4 aromatic rings. The molecule has 2 unspecified atom stereocenters. The number of hydrogen-bond donors (Lipinski definition) is 1. The van der Waals surface area contributed by atoms with E-state index < -0.39 is 0 Å². The number of amides is 1. The van der Waals surface area contributed by atoms with E-state index in [-0.39, 0.29) is 29.6 Å². The lowest BCUT2D eigenvalue weighted by molar-refractivity contribution is -0.123. The van der Waals surface area contributed by atoms with E-state index in [2.05, 4.69) is 85.9 Å². The number of anilines is 1. The highest BCUT2D eigenvalue weighted by Gasteiger charge is 2.53. The third-order valence-corrected chi connectivity index (χ3v) is 7.61. The van der Waals surface area contributed by atoms with Gasteiger partial charge in [0.15, 0.2) is 0 Å². The summed E-state index contributed by atoms with van der Waals surface area (Å²) in [6.07, 6.45) is 0. The summed E-state index contributed by atoms with van der Waals surface area (Å²) < 4.78 is 0. The van der Waals surface area contributed by atoms with E-state index in [0.717, 1.165) is 16.5 Å². The molecular formula is C30H27NO. The second kappa shape index (κ2) is 7.34. The molecule has 2 atom stereocenters. The number of carbonyl (C=O) groups excluding carboxylic acids is 1. The van der Waals surface area contributed by atoms with Crippen molar-refractivity contribution >= 4 is 22.4 Å². The highest BCUT2D eigenvalue weighted by molar-refractivity contribution is 6.03. The molecule has 0 radical (unpaired) electrons. The molecule has 0 heterocycles. The fraction of sp³-hybridized carbons (Fsp3) is 0.233. The average molecular weight is 418 g/mol. The molecule has 4 aromatic carbocycles. The molecular weight excluding hydrogens is 390 g/mol. The van der Waals surface area contributed by atoms with Gasteiger partial charge in [0.1, 0.15) is 0 Å². The van der Waals surface area contributed by atoms with Gasteiger partial charge in [0.05, 0.1) is 5.92 Å². The molecule has 3 aliphatic carbocycles. The van der Waals surface area contributed by atoms with Crippen LogP contribution in [0, 0.1) is 17.8 Å². The SMILES string of the molecule is CC(C)C1C2c3ccccc3C(c3ccccc32)C1C(=O)Nc1cccc2ccccc12. The largest absolute Gasteiger partial charge is 0.325 e. The van der Waals surface area contributed by atoms with Crippen LogP contribution in [0.2, 0.25) is 0 Å². The smallest absolute Gasteiger partial charge is 0.228 e. The third-order valence-electron chi connectivity index (χ3n) is 7.61. The number of carbonyl (C=O) groups is 1. The highest BCUT2D eigenvalue weighted by atomic mass is 16.1. The maximum absolute atomic E-state index is 14.0. The normalized spacial score (nSPS) is 23.1. The van der Waals surface area contributed by atoms with Crippen LogP contribution >= 0.6 is 0 Å². The van der Waals surface area contributed by atoms with Crippen molar-refractivity contribution in [3.63, 3.8) is 0 Å². The van der Waals surface area contributed by atoms with Crippen molar-refractivity contribution in [2.45, 2.75) is 25.7 Å². The van der Waals surface area contributed by atoms with Crippen LogP contribution in [0.4, 0.5) is 5.69 Å². The Hall–Kier alpha value is -3.39. The summed E-state index contributed by atoms with van der Waals surface area (Å²) in [4.78, 5) is 14.0. The summed E-state index contributed by atoms with van der Waals surface area (Å²) in [5.41, 5.74) is 6.36. The zero-order chi connectivity index (χ0) is 21.8. The lowest BCUT2D eigenvalue weighted by atomic mass is 9.52. The zero-order valence-electron chi connectivity index (χ0n) is 18.5. The molecule has 2 heteroatoms. The van der Waals surface area contributed by atoms with E-state index in [1.807, 2.05) is 24.3 Å². The Morgan fingerprint density at radius 2 is 1.22 bits per heavy atom. The van der Waals surface area contributed by atoms with Gasteiger partial charge >= 0.3 is 0 Å². The van der Waals surface area contributed by atoms with Gasteiger partial charge in [-0.15, -0.1) is 0 Å². The van der Waals surface area contributed by atoms with Gasteiger partial charge in [-0.2, -0.15) is 0 Å². The molecule has 7 rings (SSSR count). The molecule has 2 bridgehead atoms. The molecule has 1 N–H and O–H groups in total. The molecule has 0 aromatic heterocycles.